The minimum atomic E-state index is -0.685. The van der Waals surface area contributed by atoms with Crippen LogP contribution in [0.2, 0.25) is 0 Å². The van der Waals surface area contributed by atoms with E-state index in [4.69, 9.17) is 14.6 Å². The van der Waals surface area contributed by atoms with Crippen molar-refractivity contribution < 1.29 is 24.2 Å². The van der Waals surface area contributed by atoms with Gasteiger partial charge in [0.2, 0.25) is 0 Å². The van der Waals surface area contributed by atoms with Crippen molar-refractivity contribution in [2.75, 3.05) is 13.2 Å². The fraction of sp³-hybridized carbons (Fsp3) is 0.375. The molecule has 0 aliphatic heterocycles. The van der Waals surface area contributed by atoms with E-state index < -0.39 is 12.1 Å². The summed E-state index contributed by atoms with van der Waals surface area (Å²) in [5.74, 6) is -0.0465. The van der Waals surface area contributed by atoms with Crippen LogP contribution in [-0.4, -0.2) is 35.1 Å². The third-order valence-corrected chi connectivity index (χ3v) is 4.62. The molecule has 1 heterocycles. The van der Waals surface area contributed by atoms with Crippen molar-refractivity contribution in [2.45, 2.75) is 45.1 Å². The third-order valence-electron chi connectivity index (χ3n) is 4.62. The Bertz CT molecular complexity index is 834. The number of esters is 1. The first-order chi connectivity index (χ1) is 14.6. The van der Waals surface area contributed by atoms with Crippen LogP contribution in [-0.2, 0) is 9.53 Å². The fourth-order valence-corrected chi connectivity index (χ4v) is 2.96. The molecule has 0 saturated heterocycles. The highest BCUT2D eigenvalue weighted by Crippen LogP contribution is 2.32. The monoisotopic (exact) mass is 411 g/mol. The number of nitrogens with zero attached hydrogens (tertiary/aromatic N) is 1. The predicted molar refractivity (Wildman–Crippen MR) is 114 cm³/mol. The van der Waals surface area contributed by atoms with E-state index in [1.54, 1.807) is 36.5 Å². The Morgan fingerprint density at radius 1 is 1.17 bits per heavy atom. The molecule has 0 amide bonds. The van der Waals surface area contributed by atoms with Gasteiger partial charge in [-0.3, -0.25) is 9.78 Å². The summed E-state index contributed by atoms with van der Waals surface area (Å²) in [4.78, 5) is 29.1. The molecule has 0 unspecified atom stereocenters. The SMILES string of the molecule is C=C(CCCC)C(=O)CC[C@@H](OC(=O)c1cccnc1)c1ccccc1OCCO. The summed E-state index contributed by atoms with van der Waals surface area (Å²) in [6.45, 7) is 5.94. The molecular weight excluding hydrogens is 382 g/mol. The molecule has 2 aromatic rings. The van der Waals surface area contributed by atoms with Gasteiger partial charge in [0.1, 0.15) is 18.5 Å². The van der Waals surface area contributed by atoms with Gasteiger partial charge in [-0.25, -0.2) is 4.79 Å². The van der Waals surface area contributed by atoms with Gasteiger partial charge in [-0.1, -0.05) is 38.1 Å². The van der Waals surface area contributed by atoms with Crippen molar-refractivity contribution >= 4 is 11.8 Å². The van der Waals surface area contributed by atoms with Gasteiger partial charge >= 0.3 is 5.97 Å². The second-order valence-electron chi connectivity index (χ2n) is 6.91. The lowest BCUT2D eigenvalue weighted by molar-refractivity contribution is -0.116. The highest BCUT2D eigenvalue weighted by molar-refractivity contribution is 5.94. The second kappa shape index (κ2) is 12.5. The number of allylic oxidation sites excluding steroid dienone is 1. The number of para-hydroxylation sites is 1. The van der Waals surface area contributed by atoms with Gasteiger partial charge in [-0.2, -0.15) is 0 Å². The molecule has 0 aliphatic rings. The van der Waals surface area contributed by atoms with E-state index in [9.17, 15) is 9.59 Å². The highest BCUT2D eigenvalue weighted by Gasteiger charge is 2.23. The molecule has 1 atom stereocenters. The molecule has 30 heavy (non-hydrogen) atoms. The van der Waals surface area contributed by atoms with E-state index in [2.05, 4.69) is 18.5 Å². The van der Waals surface area contributed by atoms with Crippen LogP contribution in [0.5, 0.6) is 5.75 Å². The van der Waals surface area contributed by atoms with Crippen LogP contribution in [0, 0.1) is 0 Å². The van der Waals surface area contributed by atoms with Gasteiger partial charge in [0.05, 0.1) is 12.2 Å². The van der Waals surface area contributed by atoms with E-state index >= 15 is 0 Å². The number of unbranched alkanes of at least 4 members (excludes halogenated alkanes) is 1. The lowest BCUT2D eigenvalue weighted by Gasteiger charge is -2.21. The normalized spacial score (nSPS) is 11.5. The Morgan fingerprint density at radius 2 is 1.97 bits per heavy atom. The number of aliphatic hydroxyl groups is 1. The molecule has 0 spiro atoms. The van der Waals surface area contributed by atoms with Crippen LogP contribution < -0.4 is 4.74 Å². The Labute approximate surface area is 177 Å². The maximum atomic E-state index is 12.6. The first-order valence-electron chi connectivity index (χ1n) is 10.2. The van der Waals surface area contributed by atoms with Gasteiger partial charge < -0.3 is 14.6 Å². The number of carbonyl (C=O) groups is 2. The Balaban J connectivity index is 2.19. The van der Waals surface area contributed by atoms with E-state index in [1.807, 2.05) is 6.07 Å². The van der Waals surface area contributed by atoms with Gasteiger partial charge in [0, 0.05) is 24.4 Å². The lowest BCUT2D eigenvalue weighted by Crippen LogP contribution is -2.15. The summed E-state index contributed by atoms with van der Waals surface area (Å²) in [5.41, 5.74) is 1.57. The van der Waals surface area contributed by atoms with Gasteiger partial charge in [0.15, 0.2) is 5.78 Å². The molecule has 160 valence electrons. The summed E-state index contributed by atoms with van der Waals surface area (Å²) in [6.07, 6.45) is 5.42. The second-order valence-corrected chi connectivity index (χ2v) is 6.91. The number of aromatic nitrogens is 1. The summed E-state index contributed by atoms with van der Waals surface area (Å²) < 4.78 is 11.4. The van der Waals surface area contributed by atoms with Crippen LogP contribution in [0.1, 0.15) is 61.1 Å². The predicted octanol–water partition coefficient (Wildman–Crippen LogP) is 4.45. The topological polar surface area (TPSA) is 85.7 Å². The van der Waals surface area contributed by atoms with Crippen molar-refractivity contribution in [1.82, 2.24) is 4.98 Å². The maximum absolute atomic E-state index is 12.6. The molecule has 0 fully saturated rings. The first kappa shape index (κ1) is 23.3. The quantitative estimate of drug-likeness (QED) is 0.387. The average Bonchev–Trinajstić information content (AvgIpc) is 2.79. The molecule has 1 aromatic heterocycles. The minimum Gasteiger partial charge on any atom is -0.491 e. The lowest BCUT2D eigenvalue weighted by atomic mass is 9.98. The number of ketones is 1. The number of carbonyl (C=O) groups excluding carboxylic acids is 2. The van der Waals surface area contributed by atoms with E-state index in [0.29, 0.717) is 35.3 Å². The van der Waals surface area contributed by atoms with E-state index in [1.165, 1.54) is 6.20 Å². The maximum Gasteiger partial charge on any atom is 0.340 e. The third kappa shape index (κ3) is 7.12. The Kier molecular flexibility index (Phi) is 9.74. The largest absolute Gasteiger partial charge is 0.491 e. The molecule has 0 radical (unpaired) electrons. The van der Waals surface area contributed by atoms with E-state index in [0.717, 1.165) is 12.8 Å². The molecule has 2 rings (SSSR count). The van der Waals surface area contributed by atoms with Crippen molar-refractivity contribution in [3.8, 4) is 5.75 Å². The smallest absolute Gasteiger partial charge is 0.340 e. The Hall–Kier alpha value is -2.99. The van der Waals surface area contributed by atoms with Gasteiger partial charge in [-0.05, 0) is 43.0 Å². The molecule has 0 bridgehead atoms. The summed E-state index contributed by atoms with van der Waals surface area (Å²) in [5, 5.41) is 9.09. The van der Waals surface area contributed by atoms with Crippen LogP contribution in [0.4, 0.5) is 0 Å². The zero-order valence-corrected chi connectivity index (χ0v) is 17.4. The average molecular weight is 411 g/mol. The number of benzene rings is 1. The van der Waals surface area contributed by atoms with Gasteiger partial charge in [-0.15, -0.1) is 0 Å². The Morgan fingerprint density at radius 3 is 2.67 bits per heavy atom. The van der Waals surface area contributed by atoms with Crippen molar-refractivity contribution in [2.24, 2.45) is 0 Å². The van der Waals surface area contributed by atoms with Gasteiger partial charge in [0.25, 0.3) is 0 Å². The molecule has 0 aliphatic carbocycles. The van der Waals surface area contributed by atoms with Crippen LogP contribution in [0.3, 0.4) is 0 Å². The standard InChI is InChI=1S/C24H29NO5/c1-3-4-8-18(2)21(27)12-13-23(30-24(28)19-9-7-14-25-17-19)20-10-5-6-11-22(20)29-16-15-26/h5-7,9-11,14,17,23,26H,2-4,8,12-13,15-16H2,1H3/t23-/m1/s1. The highest BCUT2D eigenvalue weighted by atomic mass is 16.5. The molecule has 0 saturated carbocycles. The zero-order chi connectivity index (χ0) is 21.8. The molecule has 1 aromatic carbocycles. The van der Waals surface area contributed by atoms with Crippen molar-refractivity contribution in [1.29, 1.82) is 0 Å². The number of hydrogen-bond donors (Lipinski definition) is 1. The minimum absolute atomic E-state index is 0.0281. The van der Waals surface area contributed by atoms with Crippen molar-refractivity contribution in [3.63, 3.8) is 0 Å². The molecule has 6 heteroatoms. The van der Waals surface area contributed by atoms with Crippen LogP contribution in [0.25, 0.3) is 0 Å². The summed E-state index contributed by atoms with van der Waals surface area (Å²) >= 11 is 0. The number of Topliss-reactive ketones (excluding diaryl/α,β-unsaturated/α-hetero) is 1. The van der Waals surface area contributed by atoms with Crippen molar-refractivity contribution in [3.05, 3.63) is 72.1 Å². The molecular formula is C24H29NO5. The van der Waals surface area contributed by atoms with Crippen LogP contribution in [0.15, 0.2) is 60.9 Å². The van der Waals surface area contributed by atoms with E-state index in [-0.39, 0.29) is 25.4 Å². The number of pyridine rings is 1. The molecule has 1 N–H and O–H groups in total. The number of aliphatic hydroxyl groups excluding tert-OH is 1. The summed E-state index contributed by atoms with van der Waals surface area (Å²) in [6, 6.07) is 10.4. The number of ether oxygens (including phenoxy) is 2. The number of rotatable bonds is 13. The first-order valence-corrected chi connectivity index (χ1v) is 10.2. The molecule has 6 nitrogen and oxygen atoms in total. The number of hydrogen-bond acceptors (Lipinski definition) is 6. The zero-order valence-electron chi connectivity index (χ0n) is 17.4. The fourth-order valence-electron chi connectivity index (χ4n) is 2.96. The summed E-state index contributed by atoms with van der Waals surface area (Å²) in [7, 11) is 0. The van der Waals surface area contributed by atoms with Crippen LogP contribution >= 0.6 is 0 Å².